The van der Waals surface area contributed by atoms with Crippen LogP contribution in [0.3, 0.4) is 0 Å². The summed E-state index contributed by atoms with van der Waals surface area (Å²) in [6, 6.07) is 18.9. The van der Waals surface area contributed by atoms with E-state index in [1.807, 2.05) is 18.2 Å². The molecule has 32 heavy (non-hydrogen) atoms. The van der Waals surface area contributed by atoms with E-state index in [1.165, 1.54) is 24.3 Å². The van der Waals surface area contributed by atoms with Gasteiger partial charge in [-0.3, -0.25) is 9.78 Å². The van der Waals surface area contributed by atoms with Gasteiger partial charge in [0.05, 0.1) is 22.9 Å². The lowest BCUT2D eigenvalue weighted by atomic mass is 9.92. The average molecular weight is 427 g/mol. The Labute approximate surface area is 185 Å². The minimum absolute atomic E-state index is 0.113. The van der Waals surface area contributed by atoms with E-state index in [2.05, 4.69) is 17.5 Å². The zero-order chi connectivity index (χ0) is 22.1. The number of amides is 1. The Morgan fingerprint density at radius 3 is 2.72 bits per heavy atom. The largest absolute Gasteiger partial charge is 0.486 e. The van der Waals surface area contributed by atoms with Crippen molar-refractivity contribution >= 4 is 5.91 Å². The zero-order valence-electron chi connectivity index (χ0n) is 17.5. The second-order valence-electron chi connectivity index (χ2n) is 8.41. The third-order valence-electron chi connectivity index (χ3n) is 6.18. The standard InChI is InChI=1S/C26H22FN3O2/c27-19-9-7-18(8-10-19)25(31)30-26(13-14-26)24-12-11-21-22(29-24)5-2-6-23(21)32-20-4-1-3-17(15-20)16-28/h1,3-4,7-12,15,23H,2,5-6,13-14H2,(H,30,31). The van der Waals surface area contributed by atoms with Crippen molar-refractivity contribution in [2.24, 2.45) is 0 Å². The Balaban J connectivity index is 1.35. The molecule has 0 radical (unpaired) electrons. The van der Waals surface area contributed by atoms with Crippen LogP contribution < -0.4 is 10.1 Å². The Bertz CT molecular complexity index is 1210. The molecule has 1 heterocycles. The van der Waals surface area contributed by atoms with Crippen LogP contribution in [0.2, 0.25) is 0 Å². The zero-order valence-corrected chi connectivity index (χ0v) is 17.5. The van der Waals surface area contributed by atoms with E-state index in [4.69, 9.17) is 15.0 Å². The van der Waals surface area contributed by atoms with Gasteiger partial charge in [-0.2, -0.15) is 5.26 Å². The molecule has 1 aromatic heterocycles. The van der Waals surface area contributed by atoms with Crippen molar-refractivity contribution in [2.75, 3.05) is 0 Å². The predicted molar refractivity (Wildman–Crippen MR) is 116 cm³/mol. The van der Waals surface area contributed by atoms with Gasteiger partial charge >= 0.3 is 0 Å². The number of nitrogens with zero attached hydrogens (tertiary/aromatic N) is 2. The van der Waals surface area contributed by atoms with Crippen molar-refractivity contribution in [3.05, 3.63) is 94.6 Å². The van der Waals surface area contributed by atoms with E-state index in [9.17, 15) is 9.18 Å². The molecule has 0 spiro atoms. The maximum Gasteiger partial charge on any atom is 0.252 e. The van der Waals surface area contributed by atoms with Crippen molar-refractivity contribution in [1.82, 2.24) is 10.3 Å². The van der Waals surface area contributed by atoms with Crippen molar-refractivity contribution in [1.29, 1.82) is 5.26 Å². The first-order valence-electron chi connectivity index (χ1n) is 10.8. The van der Waals surface area contributed by atoms with E-state index in [-0.39, 0.29) is 17.8 Å². The molecule has 5 rings (SSSR count). The van der Waals surface area contributed by atoms with Gasteiger partial charge in [-0.05, 0) is 80.6 Å². The molecule has 0 bridgehead atoms. The first kappa shape index (κ1) is 20.2. The van der Waals surface area contributed by atoms with Gasteiger partial charge in [0.25, 0.3) is 5.91 Å². The number of aryl methyl sites for hydroxylation is 1. The number of pyridine rings is 1. The van der Waals surface area contributed by atoms with Crippen molar-refractivity contribution in [3.63, 3.8) is 0 Å². The summed E-state index contributed by atoms with van der Waals surface area (Å²) in [6.07, 6.45) is 4.25. The highest BCUT2D eigenvalue weighted by Crippen LogP contribution is 2.46. The number of ether oxygens (including phenoxy) is 1. The Morgan fingerprint density at radius 1 is 1.16 bits per heavy atom. The Kier molecular flexibility index (Phi) is 5.10. The molecular weight excluding hydrogens is 405 g/mol. The number of halogens is 1. The third-order valence-corrected chi connectivity index (χ3v) is 6.18. The van der Waals surface area contributed by atoms with Crippen LogP contribution in [0.5, 0.6) is 5.75 Å². The molecule has 2 aromatic carbocycles. The topological polar surface area (TPSA) is 75.0 Å². The van der Waals surface area contributed by atoms with Crippen LogP contribution in [0.4, 0.5) is 4.39 Å². The highest BCUT2D eigenvalue weighted by molar-refractivity contribution is 5.95. The maximum atomic E-state index is 13.2. The molecule has 1 amide bonds. The molecule has 1 atom stereocenters. The summed E-state index contributed by atoms with van der Waals surface area (Å²) in [4.78, 5) is 17.6. The molecule has 160 valence electrons. The van der Waals surface area contributed by atoms with Crippen LogP contribution in [0, 0.1) is 17.1 Å². The summed E-state index contributed by atoms with van der Waals surface area (Å²) in [7, 11) is 0. The molecule has 1 unspecified atom stereocenters. The first-order valence-corrected chi connectivity index (χ1v) is 10.8. The van der Waals surface area contributed by atoms with Crippen LogP contribution in [0.1, 0.15) is 64.7 Å². The lowest BCUT2D eigenvalue weighted by Gasteiger charge is -2.27. The molecule has 6 heteroatoms. The average Bonchev–Trinajstić information content (AvgIpc) is 3.60. The van der Waals surface area contributed by atoms with Crippen LogP contribution in [0.15, 0.2) is 60.7 Å². The first-order chi connectivity index (χ1) is 15.6. The number of hydrogen-bond donors (Lipinski definition) is 1. The Hall–Kier alpha value is -3.72. The van der Waals surface area contributed by atoms with Gasteiger partial charge in [0.2, 0.25) is 0 Å². The summed E-state index contributed by atoms with van der Waals surface area (Å²) in [5, 5.41) is 12.2. The maximum absolute atomic E-state index is 13.2. The number of hydrogen-bond acceptors (Lipinski definition) is 4. The fourth-order valence-electron chi connectivity index (χ4n) is 4.27. The lowest BCUT2D eigenvalue weighted by Crippen LogP contribution is -2.36. The second kappa shape index (κ2) is 8.08. The van der Waals surface area contributed by atoms with E-state index >= 15 is 0 Å². The van der Waals surface area contributed by atoms with E-state index in [0.29, 0.717) is 16.9 Å². The monoisotopic (exact) mass is 427 g/mol. The normalized spacial score (nSPS) is 18.2. The van der Waals surface area contributed by atoms with Gasteiger partial charge in [-0.25, -0.2) is 4.39 Å². The summed E-state index contributed by atoms with van der Waals surface area (Å²) < 4.78 is 19.4. The highest BCUT2D eigenvalue weighted by Gasteiger charge is 2.47. The molecule has 1 fully saturated rings. The van der Waals surface area contributed by atoms with Crippen LogP contribution in [-0.4, -0.2) is 10.9 Å². The molecule has 1 N–H and O–H groups in total. The molecule has 0 aliphatic heterocycles. The predicted octanol–water partition coefficient (Wildman–Crippen LogP) is 4.97. The summed E-state index contributed by atoms with van der Waals surface area (Å²) in [6.45, 7) is 0. The SMILES string of the molecule is N#Cc1cccc(OC2CCCc3nc(C4(NC(=O)c5ccc(F)cc5)CC4)ccc32)c1. The fourth-order valence-corrected chi connectivity index (χ4v) is 4.27. The van der Waals surface area contributed by atoms with Gasteiger partial charge in [-0.15, -0.1) is 0 Å². The van der Waals surface area contributed by atoms with E-state index in [0.717, 1.165) is 49.1 Å². The van der Waals surface area contributed by atoms with Gasteiger partial charge in [-0.1, -0.05) is 12.1 Å². The smallest absolute Gasteiger partial charge is 0.252 e. The summed E-state index contributed by atoms with van der Waals surface area (Å²) in [5.74, 6) is 0.0898. The van der Waals surface area contributed by atoms with Gasteiger partial charge in [0.1, 0.15) is 17.7 Å². The molecule has 2 aliphatic rings. The Morgan fingerprint density at radius 2 is 1.97 bits per heavy atom. The lowest BCUT2D eigenvalue weighted by molar-refractivity contribution is 0.0929. The quantitative estimate of drug-likeness (QED) is 0.624. The number of rotatable bonds is 5. The summed E-state index contributed by atoms with van der Waals surface area (Å²) >= 11 is 0. The van der Waals surface area contributed by atoms with Gasteiger partial charge in [0, 0.05) is 16.8 Å². The number of fused-ring (bicyclic) bond motifs is 1. The van der Waals surface area contributed by atoms with Crippen LogP contribution in [-0.2, 0) is 12.0 Å². The molecule has 3 aromatic rings. The number of carbonyl (C=O) groups excluding carboxylic acids is 1. The molecule has 0 saturated heterocycles. The van der Waals surface area contributed by atoms with Gasteiger partial charge in [0.15, 0.2) is 0 Å². The third kappa shape index (κ3) is 3.94. The van der Waals surface area contributed by atoms with Crippen molar-refractivity contribution in [3.8, 4) is 11.8 Å². The fraction of sp³-hybridized carbons (Fsp3) is 0.269. The molecule has 1 saturated carbocycles. The molecule has 2 aliphatic carbocycles. The second-order valence-corrected chi connectivity index (χ2v) is 8.41. The van der Waals surface area contributed by atoms with Crippen molar-refractivity contribution in [2.45, 2.75) is 43.7 Å². The van der Waals surface area contributed by atoms with Crippen molar-refractivity contribution < 1.29 is 13.9 Å². The number of carbonyl (C=O) groups is 1. The van der Waals surface area contributed by atoms with E-state index < -0.39 is 5.54 Å². The minimum atomic E-state index is -0.463. The number of benzene rings is 2. The van der Waals surface area contributed by atoms with Gasteiger partial charge < -0.3 is 10.1 Å². The molecular formula is C26H22FN3O2. The number of nitriles is 1. The number of nitrogens with one attached hydrogen (secondary N) is 1. The van der Waals surface area contributed by atoms with Crippen LogP contribution in [0.25, 0.3) is 0 Å². The highest BCUT2D eigenvalue weighted by atomic mass is 19.1. The minimum Gasteiger partial charge on any atom is -0.486 e. The van der Waals surface area contributed by atoms with Crippen LogP contribution >= 0.6 is 0 Å². The summed E-state index contributed by atoms with van der Waals surface area (Å²) in [5.41, 5.74) is 3.46. The van der Waals surface area contributed by atoms with E-state index in [1.54, 1.807) is 12.1 Å². The number of aromatic nitrogens is 1. The molecule has 5 nitrogen and oxygen atoms in total.